The number of carbonyl (C=O) groups is 2. The zero-order valence-corrected chi connectivity index (χ0v) is 29.8. The molecular weight excluding hydrogens is 702 g/mol. The summed E-state index contributed by atoms with van der Waals surface area (Å²) < 4.78 is 36.3. The predicted octanol–water partition coefficient (Wildman–Crippen LogP) is 7.11. The molecule has 1 atom stereocenters. The van der Waals surface area contributed by atoms with Crippen molar-refractivity contribution < 1.29 is 22.7 Å². The number of halogens is 2. The summed E-state index contributed by atoms with van der Waals surface area (Å²) in [6.07, 6.45) is 0.226. The SMILES string of the molecule is CCOc1ccccc1N(CC(=O)N(Cc1cccc(Br)c1)[C@@H](Cc1ccccc1)C(=O)NCC(C)C)S(=O)(=O)c1ccc(Cl)cc1. The molecule has 0 aliphatic heterocycles. The van der Waals surface area contributed by atoms with E-state index < -0.39 is 28.5 Å². The molecule has 0 aromatic heterocycles. The van der Waals surface area contributed by atoms with Crippen LogP contribution in [0.2, 0.25) is 5.02 Å². The molecule has 4 aromatic rings. The largest absolute Gasteiger partial charge is 0.492 e. The molecule has 0 aliphatic rings. The Balaban J connectivity index is 1.83. The number of sulfonamides is 1. The molecule has 47 heavy (non-hydrogen) atoms. The molecular formula is C36H39BrClN3O5S. The van der Waals surface area contributed by atoms with Crippen molar-refractivity contribution in [2.45, 2.75) is 44.7 Å². The second-order valence-electron chi connectivity index (χ2n) is 11.4. The summed E-state index contributed by atoms with van der Waals surface area (Å²) in [6, 6.07) is 28.4. The fourth-order valence-corrected chi connectivity index (χ4v) is 6.99. The van der Waals surface area contributed by atoms with Crippen LogP contribution in [0.25, 0.3) is 0 Å². The summed E-state index contributed by atoms with van der Waals surface area (Å²) in [7, 11) is -4.31. The Labute approximate surface area is 290 Å². The van der Waals surface area contributed by atoms with E-state index in [2.05, 4.69) is 21.2 Å². The number of benzene rings is 4. The van der Waals surface area contributed by atoms with Gasteiger partial charge in [0.1, 0.15) is 18.3 Å². The van der Waals surface area contributed by atoms with Crippen molar-refractivity contribution in [1.82, 2.24) is 10.2 Å². The number of nitrogens with one attached hydrogen (secondary N) is 1. The van der Waals surface area contributed by atoms with Crippen molar-refractivity contribution in [3.8, 4) is 5.75 Å². The van der Waals surface area contributed by atoms with Crippen LogP contribution in [-0.2, 0) is 32.6 Å². The predicted molar refractivity (Wildman–Crippen MR) is 190 cm³/mol. The molecule has 4 rings (SSSR count). The number of amides is 2. The maximum atomic E-state index is 14.7. The molecule has 0 saturated heterocycles. The lowest BCUT2D eigenvalue weighted by Crippen LogP contribution is -2.53. The fourth-order valence-electron chi connectivity index (χ4n) is 5.00. The average Bonchev–Trinajstić information content (AvgIpc) is 3.05. The summed E-state index contributed by atoms with van der Waals surface area (Å²) in [6.45, 7) is 5.95. The number of ether oxygens (including phenoxy) is 1. The number of para-hydroxylation sites is 2. The van der Waals surface area contributed by atoms with Crippen LogP contribution in [0, 0.1) is 5.92 Å². The molecule has 248 valence electrons. The van der Waals surface area contributed by atoms with Crippen molar-refractivity contribution in [2.24, 2.45) is 5.92 Å². The van der Waals surface area contributed by atoms with Crippen molar-refractivity contribution >= 4 is 55.1 Å². The number of hydrogen-bond acceptors (Lipinski definition) is 5. The molecule has 11 heteroatoms. The summed E-state index contributed by atoms with van der Waals surface area (Å²) in [5.41, 5.74) is 1.82. The number of hydrogen-bond donors (Lipinski definition) is 1. The maximum Gasteiger partial charge on any atom is 0.264 e. The van der Waals surface area contributed by atoms with Gasteiger partial charge in [0.2, 0.25) is 11.8 Å². The van der Waals surface area contributed by atoms with Gasteiger partial charge in [-0.05, 0) is 72.5 Å². The van der Waals surface area contributed by atoms with E-state index in [1.807, 2.05) is 68.4 Å². The van der Waals surface area contributed by atoms with E-state index in [1.54, 1.807) is 31.2 Å². The van der Waals surface area contributed by atoms with Crippen molar-refractivity contribution in [3.05, 3.63) is 124 Å². The van der Waals surface area contributed by atoms with Gasteiger partial charge in [0.25, 0.3) is 10.0 Å². The highest BCUT2D eigenvalue weighted by Gasteiger charge is 2.35. The first-order valence-electron chi connectivity index (χ1n) is 15.3. The van der Waals surface area contributed by atoms with Gasteiger partial charge in [-0.1, -0.05) is 96.0 Å². The zero-order valence-electron chi connectivity index (χ0n) is 26.6. The molecule has 0 unspecified atom stereocenters. The van der Waals surface area contributed by atoms with Gasteiger partial charge >= 0.3 is 0 Å². The minimum atomic E-state index is -4.31. The third kappa shape index (κ3) is 9.82. The lowest BCUT2D eigenvalue weighted by atomic mass is 10.0. The quantitative estimate of drug-likeness (QED) is 0.140. The Bertz CT molecular complexity index is 1750. The first-order chi connectivity index (χ1) is 22.5. The van der Waals surface area contributed by atoms with E-state index in [0.29, 0.717) is 17.3 Å². The number of rotatable bonds is 15. The lowest BCUT2D eigenvalue weighted by molar-refractivity contribution is -0.140. The van der Waals surface area contributed by atoms with Gasteiger partial charge in [0.05, 0.1) is 17.2 Å². The molecule has 4 aromatic carbocycles. The van der Waals surface area contributed by atoms with E-state index in [1.165, 1.54) is 29.2 Å². The van der Waals surface area contributed by atoms with Crippen LogP contribution >= 0.6 is 27.5 Å². The third-order valence-corrected chi connectivity index (χ3v) is 9.83. The van der Waals surface area contributed by atoms with Gasteiger partial charge in [-0.3, -0.25) is 13.9 Å². The highest BCUT2D eigenvalue weighted by Crippen LogP contribution is 2.33. The molecule has 8 nitrogen and oxygen atoms in total. The topological polar surface area (TPSA) is 96.0 Å². The molecule has 0 saturated carbocycles. The van der Waals surface area contributed by atoms with Crippen LogP contribution < -0.4 is 14.4 Å². The Hall–Kier alpha value is -3.86. The van der Waals surface area contributed by atoms with Gasteiger partial charge in [-0.25, -0.2) is 8.42 Å². The normalized spacial score (nSPS) is 12.0. The minimum Gasteiger partial charge on any atom is -0.492 e. The summed E-state index contributed by atoms with van der Waals surface area (Å²) in [4.78, 5) is 30.0. The first kappa shape index (κ1) is 36.0. The highest BCUT2D eigenvalue weighted by atomic mass is 79.9. The van der Waals surface area contributed by atoms with Crippen molar-refractivity contribution in [2.75, 3.05) is 24.0 Å². The van der Waals surface area contributed by atoms with Crippen LogP contribution in [0.4, 0.5) is 5.69 Å². The van der Waals surface area contributed by atoms with Crippen LogP contribution in [0.15, 0.2) is 112 Å². The Morgan fingerprint density at radius 3 is 2.21 bits per heavy atom. The monoisotopic (exact) mass is 739 g/mol. The van der Waals surface area contributed by atoms with E-state index in [9.17, 15) is 18.0 Å². The number of carbonyl (C=O) groups excluding carboxylic acids is 2. The van der Waals surface area contributed by atoms with Gasteiger partial charge in [0, 0.05) is 29.0 Å². The standard InChI is InChI=1S/C36H39BrClN3O5S/c1-4-46-34-16-9-8-15-32(34)41(47(44,45)31-19-17-30(38)18-20-31)25-35(42)40(24-28-13-10-14-29(37)21-28)33(36(43)39-23-26(2)3)22-27-11-6-5-7-12-27/h5-21,26,33H,4,22-25H2,1-3H3,(H,39,43)/t33-/m0/s1. The first-order valence-corrected chi connectivity index (χ1v) is 18.0. The third-order valence-electron chi connectivity index (χ3n) is 7.31. The van der Waals surface area contributed by atoms with Crippen LogP contribution in [0.1, 0.15) is 31.9 Å². The second-order valence-corrected chi connectivity index (χ2v) is 14.6. The average molecular weight is 741 g/mol. The molecule has 0 fully saturated rings. The summed E-state index contributed by atoms with van der Waals surface area (Å²) in [5.74, 6) is -0.405. The molecule has 0 heterocycles. The lowest BCUT2D eigenvalue weighted by Gasteiger charge is -2.34. The highest BCUT2D eigenvalue weighted by molar-refractivity contribution is 9.10. The number of nitrogens with zero attached hydrogens (tertiary/aromatic N) is 2. The second kappa shape index (κ2) is 16.8. The summed E-state index contributed by atoms with van der Waals surface area (Å²) >= 11 is 9.59. The molecule has 1 N–H and O–H groups in total. The molecule has 2 amide bonds. The van der Waals surface area contributed by atoms with Crippen LogP contribution in [-0.4, -0.2) is 50.9 Å². The molecule has 0 aliphatic carbocycles. The summed E-state index contributed by atoms with van der Waals surface area (Å²) in [5, 5.41) is 3.37. The van der Waals surface area contributed by atoms with E-state index in [4.69, 9.17) is 16.3 Å². The van der Waals surface area contributed by atoms with Gasteiger partial charge in [-0.15, -0.1) is 0 Å². The minimum absolute atomic E-state index is 0.0462. The van der Waals surface area contributed by atoms with Crippen molar-refractivity contribution in [1.29, 1.82) is 0 Å². The smallest absolute Gasteiger partial charge is 0.264 e. The van der Waals surface area contributed by atoms with E-state index >= 15 is 0 Å². The van der Waals surface area contributed by atoms with E-state index in [0.717, 1.165) is 19.9 Å². The Morgan fingerprint density at radius 1 is 0.894 bits per heavy atom. The van der Waals surface area contributed by atoms with Crippen LogP contribution in [0.5, 0.6) is 5.75 Å². The van der Waals surface area contributed by atoms with E-state index in [-0.39, 0.29) is 42.0 Å². The van der Waals surface area contributed by atoms with Gasteiger partial charge in [0.15, 0.2) is 0 Å². The van der Waals surface area contributed by atoms with Gasteiger partial charge < -0.3 is 15.0 Å². The molecule has 0 bridgehead atoms. The Morgan fingerprint density at radius 2 is 1.55 bits per heavy atom. The fraction of sp³-hybridized carbons (Fsp3) is 0.278. The van der Waals surface area contributed by atoms with Crippen molar-refractivity contribution in [3.63, 3.8) is 0 Å². The van der Waals surface area contributed by atoms with Gasteiger partial charge in [-0.2, -0.15) is 0 Å². The zero-order chi connectivity index (χ0) is 34.0. The number of anilines is 1. The Kier molecular flexibility index (Phi) is 12.9. The molecule has 0 spiro atoms. The van der Waals surface area contributed by atoms with Crippen LogP contribution in [0.3, 0.4) is 0 Å². The maximum absolute atomic E-state index is 14.7. The molecule has 0 radical (unpaired) electrons.